The summed E-state index contributed by atoms with van der Waals surface area (Å²) in [6.45, 7) is 14.8. The molecule has 2 atom stereocenters. The van der Waals surface area contributed by atoms with Crippen LogP contribution in [0.1, 0.15) is 59.9 Å². The minimum Gasteiger partial charge on any atom is -0.468 e. The van der Waals surface area contributed by atoms with E-state index in [9.17, 15) is 18.0 Å². The highest BCUT2D eigenvalue weighted by Crippen LogP contribution is 2.45. The Balaban J connectivity index is 1.70. The molecule has 0 aliphatic carbocycles. The predicted octanol–water partition coefficient (Wildman–Crippen LogP) is 9.13. The van der Waals surface area contributed by atoms with Gasteiger partial charge in [-0.3, -0.25) is 0 Å². The van der Waals surface area contributed by atoms with Crippen molar-refractivity contribution in [3.8, 4) is 22.9 Å². The second-order valence-corrected chi connectivity index (χ2v) is 21.0. The molecule has 2 heterocycles. The Morgan fingerprint density at radius 2 is 1.81 bits per heavy atom. The van der Waals surface area contributed by atoms with Gasteiger partial charge in [-0.2, -0.15) is 23.1 Å². The third kappa shape index (κ3) is 10.1. The molecular weight excluding hydrogens is 784 g/mol. The smallest absolute Gasteiger partial charge is 0.422 e. The standard InChI is InChI=1S/C41H53F5N4O7Si/c1-10-53-37(51)24(2)54-17-14-27-30(42)13-12-25-18-26(56-23-52-7)19-28(32(25)27)33-31(47)20-29-35(34(33)43)48-38(55-22-41(44,45)46)49-36(29)50-16-11-15-40(6,21-50)57-58(8,9)39(3,4)5/h12-13,18-20,24H,10-11,14-17,21-23,47H2,1-9H3/t24?,40-/m1/s1. The van der Waals surface area contributed by atoms with E-state index in [1.165, 1.54) is 38.3 Å². The van der Waals surface area contributed by atoms with Crippen LogP contribution in [0.5, 0.6) is 11.8 Å². The summed E-state index contributed by atoms with van der Waals surface area (Å²) in [7, 11) is -0.862. The van der Waals surface area contributed by atoms with Crippen LogP contribution in [-0.2, 0) is 29.9 Å². The fraction of sp³-hybridized carbons (Fsp3) is 0.537. The zero-order valence-electron chi connectivity index (χ0n) is 34.5. The first-order valence-electron chi connectivity index (χ1n) is 19.2. The number of nitrogens with two attached hydrogens (primary N) is 1. The quantitative estimate of drug-likeness (QED) is 0.0405. The molecule has 11 nitrogen and oxygen atoms in total. The zero-order valence-corrected chi connectivity index (χ0v) is 35.5. The molecule has 0 saturated carbocycles. The summed E-state index contributed by atoms with van der Waals surface area (Å²) in [5.74, 6) is -1.84. The Kier molecular flexibility index (Phi) is 13.5. The third-order valence-corrected chi connectivity index (χ3v) is 15.3. The maximum atomic E-state index is 17.5. The molecule has 3 aromatic carbocycles. The number of methoxy groups -OCH3 is 1. The topological polar surface area (TPSA) is 127 Å². The van der Waals surface area contributed by atoms with E-state index >= 15 is 8.78 Å². The Morgan fingerprint density at radius 3 is 2.47 bits per heavy atom. The van der Waals surface area contributed by atoms with Crippen LogP contribution in [0.3, 0.4) is 0 Å². The van der Waals surface area contributed by atoms with Gasteiger partial charge in [0.25, 0.3) is 0 Å². The molecule has 318 valence electrons. The number of carbonyl (C=O) groups is 1. The van der Waals surface area contributed by atoms with Gasteiger partial charge < -0.3 is 38.7 Å². The first-order chi connectivity index (χ1) is 27.1. The lowest BCUT2D eigenvalue weighted by molar-refractivity contribution is -0.155. The molecule has 1 fully saturated rings. The van der Waals surface area contributed by atoms with E-state index < -0.39 is 56.4 Å². The van der Waals surface area contributed by atoms with E-state index in [1.807, 2.05) is 11.8 Å². The Morgan fingerprint density at radius 1 is 1.09 bits per heavy atom. The maximum absolute atomic E-state index is 17.5. The first kappa shape index (κ1) is 44.8. The highest BCUT2D eigenvalue weighted by Gasteiger charge is 2.45. The normalized spacial score (nSPS) is 17.2. The second-order valence-electron chi connectivity index (χ2n) is 16.3. The minimum atomic E-state index is -4.73. The van der Waals surface area contributed by atoms with Crippen molar-refractivity contribution in [2.45, 2.75) is 96.8 Å². The number of nitrogen functional groups attached to an aromatic ring is 1. The van der Waals surface area contributed by atoms with Gasteiger partial charge in [0.15, 0.2) is 33.6 Å². The van der Waals surface area contributed by atoms with Crippen molar-refractivity contribution in [3.05, 3.63) is 47.5 Å². The molecular formula is C41H53F5N4O7Si. The van der Waals surface area contributed by atoms with Crippen molar-refractivity contribution >= 4 is 47.5 Å². The van der Waals surface area contributed by atoms with Gasteiger partial charge in [0.2, 0.25) is 0 Å². The number of aromatic nitrogens is 2. The summed E-state index contributed by atoms with van der Waals surface area (Å²) in [5, 5.41) is 0.752. The van der Waals surface area contributed by atoms with Gasteiger partial charge in [-0.25, -0.2) is 13.6 Å². The summed E-state index contributed by atoms with van der Waals surface area (Å²) < 4.78 is 107. The molecule has 0 amide bonds. The van der Waals surface area contributed by atoms with Crippen molar-refractivity contribution < 1.29 is 54.9 Å². The number of fused-ring (bicyclic) bond motifs is 2. The van der Waals surface area contributed by atoms with Crippen molar-refractivity contribution in [1.29, 1.82) is 0 Å². The van der Waals surface area contributed by atoms with Gasteiger partial charge in [0.1, 0.15) is 22.9 Å². The van der Waals surface area contributed by atoms with E-state index in [2.05, 4.69) is 43.8 Å². The number of carbonyl (C=O) groups excluding carboxylic acids is 1. The predicted molar refractivity (Wildman–Crippen MR) is 215 cm³/mol. The molecule has 58 heavy (non-hydrogen) atoms. The van der Waals surface area contributed by atoms with Crippen LogP contribution in [0, 0.1) is 11.6 Å². The summed E-state index contributed by atoms with van der Waals surface area (Å²) in [5.41, 5.74) is 5.68. The average molecular weight is 837 g/mol. The number of rotatable bonds is 15. The average Bonchev–Trinajstić information content (AvgIpc) is 3.12. The third-order valence-electron chi connectivity index (χ3n) is 10.6. The van der Waals surface area contributed by atoms with Crippen molar-refractivity contribution in [3.63, 3.8) is 0 Å². The molecule has 1 aliphatic heterocycles. The maximum Gasteiger partial charge on any atom is 0.422 e. The van der Waals surface area contributed by atoms with Gasteiger partial charge in [0, 0.05) is 36.8 Å². The number of alkyl halides is 3. The fourth-order valence-electron chi connectivity index (χ4n) is 6.98. The highest BCUT2D eigenvalue weighted by molar-refractivity contribution is 6.74. The zero-order chi connectivity index (χ0) is 42.8. The molecule has 0 bridgehead atoms. The number of anilines is 2. The van der Waals surface area contributed by atoms with Crippen LogP contribution in [0.4, 0.5) is 33.5 Å². The molecule has 2 N–H and O–H groups in total. The van der Waals surface area contributed by atoms with E-state index in [0.29, 0.717) is 24.9 Å². The number of hydrogen-bond acceptors (Lipinski definition) is 11. The molecule has 4 aromatic rings. The molecule has 1 saturated heterocycles. The Labute approximate surface area is 336 Å². The number of ether oxygens (including phenoxy) is 5. The van der Waals surface area contributed by atoms with E-state index in [1.54, 1.807) is 13.0 Å². The Bertz CT molecular complexity index is 2130. The molecule has 1 unspecified atom stereocenters. The van der Waals surface area contributed by atoms with E-state index in [0.717, 1.165) is 6.42 Å². The lowest BCUT2D eigenvalue weighted by Crippen LogP contribution is -2.55. The van der Waals surface area contributed by atoms with Crippen LogP contribution in [-0.4, -0.2) is 88.9 Å². The highest BCUT2D eigenvalue weighted by atomic mass is 28.4. The molecule has 0 radical (unpaired) electrons. The first-order valence-corrected chi connectivity index (χ1v) is 22.1. The van der Waals surface area contributed by atoms with Gasteiger partial charge in [0.05, 0.1) is 18.8 Å². The number of nitrogens with zero attached hydrogens (tertiary/aromatic N) is 3. The summed E-state index contributed by atoms with van der Waals surface area (Å²) in [6.07, 6.45) is -4.33. The van der Waals surface area contributed by atoms with Gasteiger partial charge in [-0.1, -0.05) is 26.8 Å². The molecule has 0 spiro atoms. The van der Waals surface area contributed by atoms with Gasteiger partial charge in [-0.15, -0.1) is 0 Å². The largest absolute Gasteiger partial charge is 0.468 e. The lowest BCUT2D eigenvalue weighted by Gasteiger charge is -2.48. The van der Waals surface area contributed by atoms with Crippen LogP contribution in [0.15, 0.2) is 30.3 Å². The lowest BCUT2D eigenvalue weighted by atomic mass is 9.90. The fourth-order valence-corrected chi connectivity index (χ4v) is 8.69. The van der Waals surface area contributed by atoms with E-state index in [4.69, 9.17) is 33.8 Å². The molecule has 1 aliphatic rings. The van der Waals surface area contributed by atoms with E-state index in [-0.39, 0.29) is 81.7 Å². The van der Waals surface area contributed by atoms with Crippen LogP contribution >= 0.6 is 0 Å². The second kappa shape index (κ2) is 17.5. The minimum absolute atomic E-state index is 0.0419. The number of piperidine rings is 1. The summed E-state index contributed by atoms with van der Waals surface area (Å²) >= 11 is 0. The van der Waals surface area contributed by atoms with Crippen LogP contribution < -0.4 is 20.1 Å². The van der Waals surface area contributed by atoms with Crippen molar-refractivity contribution in [2.24, 2.45) is 0 Å². The van der Waals surface area contributed by atoms with Crippen molar-refractivity contribution in [1.82, 2.24) is 9.97 Å². The number of hydrogen-bond donors (Lipinski definition) is 1. The monoisotopic (exact) mass is 836 g/mol. The number of esters is 1. The van der Waals surface area contributed by atoms with Gasteiger partial charge in [-0.05, 0) is 104 Å². The number of benzene rings is 3. The van der Waals surface area contributed by atoms with Gasteiger partial charge >= 0.3 is 18.2 Å². The number of halogens is 5. The molecule has 5 rings (SSSR count). The summed E-state index contributed by atoms with van der Waals surface area (Å²) in [4.78, 5) is 22.6. The van der Waals surface area contributed by atoms with Crippen LogP contribution in [0.2, 0.25) is 18.1 Å². The van der Waals surface area contributed by atoms with Crippen molar-refractivity contribution in [2.75, 3.05) is 57.4 Å². The van der Waals surface area contributed by atoms with Crippen LogP contribution in [0.25, 0.3) is 32.8 Å². The Hall–Kier alpha value is -4.32. The summed E-state index contributed by atoms with van der Waals surface area (Å²) in [6, 6.07) is 6.63. The SMILES string of the molecule is CCOC(=O)C(C)OCCc1c(F)ccc2cc(OCOC)cc(-c3c(N)cc4c(N5CCC[C@@](C)(O[Si](C)(C)C(C)(C)C)C5)nc(OCC(F)(F)F)nc4c3F)c12. The molecule has 1 aromatic heterocycles. The molecule has 17 heteroatoms.